The molecule has 2 atom stereocenters. The average Bonchev–Trinajstić information content (AvgIpc) is 2.36. The molecule has 2 rings (SSSR count). The Morgan fingerprint density at radius 1 is 1.67 bits per heavy atom. The van der Waals surface area contributed by atoms with Gasteiger partial charge in [0.15, 0.2) is 0 Å². The first-order valence-corrected chi connectivity index (χ1v) is 3.86. The van der Waals surface area contributed by atoms with E-state index in [1.165, 1.54) is 18.4 Å². The molecule has 2 fully saturated rings. The van der Waals surface area contributed by atoms with E-state index in [1.807, 2.05) is 0 Å². The van der Waals surface area contributed by atoms with Crippen molar-refractivity contribution in [2.45, 2.75) is 26.7 Å². The number of allylic oxidation sites excluding steroid dienone is 1. The quantitative estimate of drug-likeness (QED) is 0.469. The van der Waals surface area contributed by atoms with E-state index >= 15 is 0 Å². The molecule has 0 nitrogen and oxygen atoms in total. The Labute approximate surface area is 57.0 Å². The van der Waals surface area contributed by atoms with Gasteiger partial charge in [0.25, 0.3) is 0 Å². The van der Waals surface area contributed by atoms with Crippen LogP contribution in [0.1, 0.15) is 26.7 Å². The molecule has 0 heterocycles. The van der Waals surface area contributed by atoms with Gasteiger partial charge in [0.2, 0.25) is 0 Å². The maximum absolute atomic E-state index is 4.08. The topological polar surface area (TPSA) is 0 Å². The van der Waals surface area contributed by atoms with Crippen molar-refractivity contribution in [3.63, 3.8) is 0 Å². The van der Waals surface area contributed by atoms with E-state index in [0.29, 0.717) is 5.41 Å². The van der Waals surface area contributed by atoms with Gasteiger partial charge < -0.3 is 0 Å². The van der Waals surface area contributed by atoms with Gasteiger partial charge in [-0.05, 0) is 30.1 Å². The molecular formula is C9H14. The van der Waals surface area contributed by atoms with Crippen LogP contribution in [-0.2, 0) is 0 Å². The van der Waals surface area contributed by atoms with Crippen LogP contribution in [0.25, 0.3) is 0 Å². The highest BCUT2D eigenvalue weighted by Crippen LogP contribution is 2.73. The predicted molar refractivity (Wildman–Crippen MR) is 39.1 cm³/mol. The van der Waals surface area contributed by atoms with Crippen LogP contribution in [0.15, 0.2) is 12.2 Å². The molecule has 0 aromatic heterocycles. The number of rotatable bonds is 1. The largest absolute Gasteiger partial charge is 0.0993 e. The summed E-state index contributed by atoms with van der Waals surface area (Å²) in [6.45, 7) is 8.72. The first-order chi connectivity index (χ1) is 4.18. The van der Waals surface area contributed by atoms with Crippen LogP contribution in [0.4, 0.5) is 0 Å². The summed E-state index contributed by atoms with van der Waals surface area (Å²) in [5.74, 6) is 1.90. The third kappa shape index (κ3) is 0.417. The standard InChI is InChI=1S/C9H14/c1-6(2)9-5-8(9)4-7(9)3/h6,8H,3-5H2,1-2H3. The fourth-order valence-corrected chi connectivity index (χ4v) is 2.51. The Hall–Kier alpha value is -0.260. The van der Waals surface area contributed by atoms with Gasteiger partial charge in [0.05, 0.1) is 0 Å². The summed E-state index contributed by atoms with van der Waals surface area (Å²) >= 11 is 0. The van der Waals surface area contributed by atoms with Gasteiger partial charge >= 0.3 is 0 Å². The Kier molecular flexibility index (Phi) is 0.769. The molecule has 0 heteroatoms. The molecule has 0 bridgehead atoms. The molecule has 0 radical (unpaired) electrons. The second-order valence-corrected chi connectivity index (χ2v) is 3.90. The van der Waals surface area contributed by atoms with Crippen LogP contribution in [0.2, 0.25) is 0 Å². The van der Waals surface area contributed by atoms with E-state index in [1.54, 1.807) is 0 Å². The van der Waals surface area contributed by atoms with Gasteiger partial charge in [0.1, 0.15) is 0 Å². The summed E-state index contributed by atoms with van der Waals surface area (Å²) in [5.41, 5.74) is 2.18. The van der Waals surface area contributed by atoms with Crippen molar-refractivity contribution in [1.82, 2.24) is 0 Å². The zero-order valence-electron chi connectivity index (χ0n) is 6.28. The normalized spacial score (nSPS) is 46.6. The molecule has 2 saturated carbocycles. The summed E-state index contributed by atoms with van der Waals surface area (Å²) in [6.07, 6.45) is 2.78. The summed E-state index contributed by atoms with van der Waals surface area (Å²) in [6, 6.07) is 0. The second kappa shape index (κ2) is 1.25. The third-order valence-corrected chi connectivity index (χ3v) is 3.33. The van der Waals surface area contributed by atoms with Gasteiger partial charge in [-0.25, -0.2) is 0 Å². The van der Waals surface area contributed by atoms with Gasteiger partial charge in [-0.1, -0.05) is 26.0 Å². The highest BCUT2D eigenvalue weighted by molar-refractivity contribution is 5.35. The van der Waals surface area contributed by atoms with Crippen LogP contribution < -0.4 is 0 Å². The fourth-order valence-electron chi connectivity index (χ4n) is 2.51. The molecule has 50 valence electrons. The minimum absolute atomic E-state index is 0.653. The highest BCUT2D eigenvalue weighted by Gasteiger charge is 2.64. The molecular weight excluding hydrogens is 108 g/mol. The molecule has 0 aromatic carbocycles. The zero-order valence-corrected chi connectivity index (χ0v) is 6.28. The van der Waals surface area contributed by atoms with Gasteiger partial charge in [-0.2, -0.15) is 0 Å². The summed E-state index contributed by atoms with van der Waals surface area (Å²) in [5, 5.41) is 0. The van der Waals surface area contributed by atoms with Gasteiger partial charge in [-0.3, -0.25) is 0 Å². The van der Waals surface area contributed by atoms with Crippen molar-refractivity contribution in [1.29, 1.82) is 0 Å². The van der Waals surface area contributed by atoms with E-state index in [0.717, 1.165) is 11.8 Å². The smallest absolute Gasteiger partial charge is 0.00330 e. The average molecular weight is 122 g/mol. The minimum Gasteiger partial charge on any atom is -0.0993 e. The van der Waals surface area contributed by atoms with Crippen LogP contribution in [0.3, 0.4) is 0 Å². The Morgan fingerprint density at radius 2 is 2.33 bits per heavy atom. The first kappa shape index (κ1) is 5.52. The fraction of sp³-hybridized carbons (Fsp3) is 0.778. The van der Waals surface area contributed by atoms with E-state index < -0.39 is 0 Å². The van der Waals surface area contributed by atoms with E-state index in [9.17, 15) is 0 Å². The van der Waals surface area contributed by atoms with Crippen LogP contribution in [0, 0.1) is 17.3 Å². The van der Waals surface area contributed by atoms with E-state index in [2.05, 4.69) is 20.4 Å². The number of hydrogen-bond acceptors (Lipinski definition) is 0. The first-order valence-electron chi connectivity index (χ1n) is 3.86. The molecule has 0 spiro atoms. The van der Waals surface area contributed by atoms with E-state index in [4.69, 9.17) is 0 Å². The van der Waals surface area contributed by atoms with Crippen molar-refractivity contribution in [2.75, 3.05) is 0 Å². The summed E-state index contributed by atoms with van der Waals surface area (Å²) < 4.78 is 0. The van der Waals surface area contributed by atoms with Gasteiger partial charge in [0, 0.05) is 0 Å². The molecule has 2 aliphatic carbocycles. The molecule has 0 amide bonds. The maximum Gasteiger partial charge on any atom is -0.00330 e. The van der Waals surface area contributed by atoms with Crippen LogP contribution in [-0.4, -0.2) is 0 Å². The summed E-state index contributed by atoms with van der Waals surface area (Å²) in [7, 11) is 0. The lowest BCUT2D eigenvalue weighted by Crippen LogP contribution is -2.23. The molecule has 0 aliphatic heterocycles. The van der Waals surface area contributed by atoms with Crippen molar-refractivity contribution < 1.29 is 0 Å². The third-order valence-electron chi connectivity index (χ3n) is 3.33. The maximum atomic E-state index is 4.08. The molecule has 0 saturated heterocycles. The molecule has 0 N–H and O–H groups in total. The highest BCUT2D eigenvalue weighted by atomic mass is 14.7. The van der Waals surface area contributed by atoms with Crippen molar-refractivity contribution in [3.05, 3.63) is 12.2 Å². The second-order valence-electron chi connectivity index (χ2n) is 3.90. The lowest BCUT2D eigenvalue weighted by Gasteiger charge is -2.32. The van der Waals surface area contributed by atoms with Gasteiger partial charge in [-0.15, -0.1) is 0 Å². The summed E-state index contributed by atoms with van der Waals surface area (Å²) in [4.78, 5) is 0. The molecule has 2 aliphatic rings. The molecule has 2 unspecified atom stereocenters. The van der Waals surface area contributed by atoms with Crippen LogP contribution >= 0.6 is 0 Å². The SMILES string of the molecule is C=C1CC2CC12C(C)C. The zero-order chi connectivity index (χ0) is 6.65. The Bertz CT molecular complexity index is 167. The predicted octanol–water partition coefficient (Wildman–Crippen LogP) is 2.61. The van der Waals surface area contributed by atoms with Crippen molar-refractivity contribution in [2.24, 2.45) is 17.3 Å². The lowest BCUT2D eigenvalue weighted by atomic mass is 9.72. The van der Waals surface area contributed by atoms with Crippen molar-refractivity contribution >= 4 is 0 Å². The lowest BCUT2D eigenvalue weighted by molar-refractivity contribution is 0.310. The number of fused-ring (bicyclic) bond motifs is 1. The van der Waals surface area contributed by atoms with Crippen LogP contribution in [0.5, 0.6) is 0 Å². The number of hydrogen-bond donors (Lipinski definition) is 0. The molecule has 9 heavy (non-hydrogen) atoms. The Morgan fingerprint density at radius 3 is 2.44 bits per heavy atom. The molecule has 0 aromatic rings. The Balaban J connectivity index is 2.20. The van der Waals surface area contributed by atoms with Crippen molar-refractivity contribution in [3.8, 4) is 0 Å². The minimum atomic E-state index is 0.653. The monoisotopic (exact) mass is 122 g/mol. The van der Waals surface area contributed by atoms with E-state index in [-0.39, 0.29) is 0 Å².